The van der Waals surface area contributed by atoms with E-state index in [2.05, 4.69) is 5.32 Å². The van der Waals surface area contributed by atoms with Crippen LogP contribution in [0.2, 0.25) is 0 Å². The number of carbonyl (C=O) groups is 1. The van der Waals surface area contributed by atoms with Gasteiger partial charge in [0.1, 0.15) is 0 Å². The third-order valence-corrected chi connectivity index (χ3v) is 4.51. The minimum Gasteiger partial charge on any atom is -0.353 e. The molecule has 2 atom stereocenters. The van der Waals surface area contributed by atoms with E-state index in [1.807, 2.05) is 0 Å². The van der Waals surface area contributed by atoms with Gasteiger partial charge in [0.15, 0.2) is 0 Å². The topological polar surface area (TPSA) is 55.1 Å². The Morgan fingerprint density at radius 1 is 1.06 bits per heavy atom. The maximum Gasteiger partial charge on any atom is 0.220 e. The third kappa shape index (κ3) is 3.70. The summed E-state index contributed by atoms with van der Waals surface area (Å²) in [7, 11) is 0. The Hall–Kier alpha value is -0.570. The van der Waals surface area contributed by atoms with Crippen LogP contribution in [-0.4, -0.2) is 18.5 Å². The van der Waals surface area contributed by atoms with Gasteiger partial charge in [-0.15, -0.1) is 0 Å². The normalized spacial score (nSPS) is 30.4. The molecular formula is C14H26N2O. The predicted molar refractivity (Wildman–Crippen MR) is 69.5 cm³/mol. The van der Waals surface area contributed by atoms with E-state index in [1.165, 1.54) is 44.9 Å². The van der Waals surface area contributed by atoms with Crippen LogP contribution in [0.3, 0.4) is 0 Å². The highest BCUT2D eigenvalue weighted by Crippen LogP contribution is 2.28. The molecule has 0 aromatic heterocycles. The van der Waals surface area contributed by atoms with Gasteiger partial charge in [0, 0.05) is 12.5 Å². The Morgan fingerprint density at radius 3 is 2.41 bits per heavy atom. The van der Waals surface area contributed by atoms with Crippen molar-refractivity contribution in [2.24, 2.45) is 17.6 Å². The molecule has 3 N–H and O–H groups in total. The maximum atomic E-state index is 12.0. The van der Waals surface area contributed by atoms with Crippen molar-refractivity contribution >= 4 is 5.91 Å². The molecule has 2 fully saturated rings. The first-order valence-electron chi connectivity index (χ1n) is 7.29. The molecule has 1 amide bonds. The molecule has 0 aliphatic heterocycles. The molecule has 0 heterocycles. The first-order chi connectivity index (χ1) is 8.29. The van der Waals surface area contributed by atoms with Crippen LogP contribution in [0, 0.1) is 11.8 Å². The van der Waals surface area contributed by atoms with Gasteiger partial charge in [-0.3, -0.25) is 4.79 Å². The summed E-state index contributed by atoms with van der Waals surface area (Å²) in [5.74, 6) is 1.42. The molecule has 2 aliphatic rings. The van der Waals surface area contributed by atoms with E-state index in [-0.39, 0.29) is 5.91 Å². The summed E-state index contributed by atoms with van der Waals surface area (Å²) < 4.78 is 0. The van der Waals surface area contributed by atoms with Gasteiger partial charge in [0.05, 0.1) is 0 Å². The fourth-order valence-corrected chi connectivity index (χ4v) is 3.42. The zero-order valence-corrected chi connectivity index (χ0v) is 10.8. The van der Waals surface area contributed by atoms with Crippen LogP contribution in [0.5, 0.6) is 0 Å². The van der Waals surface area contributed by atoms with E-state index in [4.69, 9.17) is 5.73 Å². The third-order valence-electron chi connectivity index (χ3n) is 4.51. The molecule has 3 nitrogen and oxygen atoms in total. The molecule has 0 radical (unpaired) electrons. The second-order valence-electron chi connectivity index (χ2n) is 5.81. The Morgan fingerprint density at radius 2 is 1.71 bits per heavy atom. The number of amides is 1. The monoisotopic (exact) mass is 238 g/mol. The maximum absolute atomic E-state index is 12.0. The average molecular weight is 238 g/mol. The minimum atomic E-state index is 0.266. The summed E-state index contributed by atoms with van der Waals surface area (Å²) in [6, 6.07) is 0.350. The van der Waals surface area contributed by atoms with Crippen LogP contribution in [0.15, 0.2) is 0 Å². The van der Waals surface area contributed by atoms with Gasteiger partial charge in [-0.25, -0.2) is 0 Å². The van der Waals surface area contributed by atoms with Gasteiger partial charge in [-0.05, 0) is 44.1 Å². The van der Waals surface area contributed by atoms with Crippen molar-refractivity contribution in [3.63, 3.8) is 0 Å². The number of carbonyl (C=O) groups excluding carboxylic acids is 1. The summed E-state index contributed by atoms with van der Waals surface area (Å²) in [5.41, 5.74) is 5.78. The standard InChI is InChI=1S/C14H26N2O/c15-10-12-7-3-4-8-13(12)16-14(17)9-11-5-1-2-6-11/h11-13H,1-10,15H2,(H,16,17). The molecule has 0 aromatic carbocycles. The van der Waals surface area contributed by atoms with Gasteiger partial charge in [-0.1, -0.05) is 25.7 Å². The second kappa shape index (κ2) is 6.39. The number of hydrogen-bond donors (Lipinski definition) is 2. The predicted octanol–water partition coefficient (Wildman–Crippen LogP) is 2.20. The van der Waals surface area contributed by atoms with Gasteiger partial charge in [0.25, 0.3) is 0 Å². The molecule has 0 spiro atoms. The van der Waals surface area contributed by atoms with Crippen LogP contribution in [0.25, 0.3) is 0 Å². The smallest absolute Gasteiger partial charge is 0.220 e. The number of rotatable bonds is 4. The largest absolute Gasteiger partial charge is 0.353 e. The lowest BCUT2D eigenvalue weighted by Crippen LogP contribution is -2.45. The molecule has 0 saturated heterocycles. The van der Waals surface area contributed by atoms with Crippen molar-refractivity contribution in [1.82, 2.24) is 5.32 Å². The van der Waals surface area contributed by atoms with Crippen molar-refractivity contribution < 1.29 is 4.79 Å². The Kier molecular flexibility index (Phi) is 4.84. The molecule has 0 aromatic rings. The summed E-state index contributed by atoms with van der Waals surface area (Å²) in [4.78, 5) is 12.0. The first kappa shape index (κ1) is 12.9. The van der Waals surface area contributed by atoms with Crippen LogP contribution in [0.4, 0.5) is 0 Å². The number of hydrogen-bond acceptors (Lipinski definition) is 2. The molecule has 17 heavy (non-hydrogen) atoms. The Balaban J connectivity index is 1.75. The molecule has 2 aliphatic carbocycles. The summed E-state index contributed by atoms with van der Waals surface area (Å²) >= 11 is 0. The van der Waals surface area contributed by atoms with E-state index in [1.54, 1.807) is 0 Å². The van der Waals surface area contributed by atoms with Gasteiger partial charge < -0.3 is 11.1 Å². The van der Waals surface area contributed by atoms with E-state index >= 15 is 0 Å². The molecule has 2 unspecified atom stereocenters. The zero-order chi connectivity index (χ0) is 12.1. The van der Waals surface area contributed by atoms with Crippen molar-refractivity contribution in [2.45, 2.75) is 63.8 Å². The van der Waals surface area contributed by atoms with Crippen LogP contribution >= 0.6 is 0 Å². The van der Waals surface area contributed by atoms with E-state index in [0.717, 1.165) is 12.8 Å². The Bertz CT molecular complexity index is 249. The lowest BCUT2D eigenvalue weighted by Gasteiger charge is -2.31. The first-order valence-corrected chi connectivity index (χ1v) is 7.29. The fourth-order valence-electron chi connectivity index (χ4n) is 3.42. The van der Waals surface area contributed by atoms with Gasteiger partial charge in [0.2, 0.25) is 5.91 Å². The highest BCUT2D eigenvalue weighted by atomic mass is 16.1. The van der Waals surface area contributed by atoms with Crippen molar-refractivity contribution in [1.29, 1.82) is 0 Å². The number of nitrogens with two attached hydrogens (primary N) is 1. The quantitative estimate of drug-likeness (QED) is 0.789. The summed E-state index contributed by atoms with van der Waals surface area (Å²) in [6.45, 7) is 0.717. The van der Waals surface area contributed by atoms with Crippen LogP contribution in [-0.2, 0) is 4.79 Å². The molecule has 98 valence electrons. The second-order valence-corrected chi connectivity index (χ2v) is 5.81. The highest BCUT2D eigenvalue weighted by molar-refractivity contribution is 5.76. The summed E-state index contributed by atoms with van der Waals surface area (Å²) in [6.07, 6.45) is 10.7. The molecule has 3 heteroatoms. The fraction of sp³-hybridized carbons (Fsp3) is 0.929. The molecule has 0 bridgehead atoms. The van der Waals surface area contributed by atoms with Crippen molar-refractivity contribution in [3.05, 3.63) is 0 Å². The SMILES string of the molecule is NCC1CCCCC1NC(=O)CC1CCCC1. The minimum absolute atomic E-state index is 0.266. The van der Waals surface area contributed by atoms with Crippen LogP contribution < -0.4 is 11.1 Å². The number of nitrogens with one attached hydrogen (secondary N) is 1. The lowest BCUT2D eigenvalue weighted by molar-refractivity contribution is -0.123. The van der Waals surface area contributed by atoms with Gasteiger partial charge in [-0.2, -0.15) is 0 Å². The van der Waals surface area contributed by atoms with E-state index in [9.17, 15) is 4.79 Å². The zero-order valence-electron chi connectivity index (χ0n) is 10.8. The molecular weight excluding hydrogens is 212 g/mol. The Labute approximate surface area is 105 Å². The van der Waals surface area contributed by atoms with Crippen molar-refractivity contribution in [2.75, 3.05) is 6.54 Å². The summed E-state index contributed by atoms with van der Waals surface area (Å²) in [5, 5.41) is 3.23. The molecule has 2 rings (SSSR count). The highest BCUT2D eigenvalue weighted by Gasteiger charge is 2.26. The average Bonchev–Trinajstić information content (AvgIpc) is 2.82. The lowest BCUT2D eigenvalue weighted by atomic mass is 9.84. The van der Waals surface area contributed by atoms with Gasteiger partial charge >= 0.3 is 0 Å². The van der Waals surface area contributed by atoms with E-state index < -0.39 is 0 Å². The van der Waals surface area contributed by atoms with Crippen LogP contribution in [0.1, 0.15) is 57.8 Å². The van der Waals surface area contributed by atoms with Crippen molar-refractivity contribution in [3.8, 4) is 0 Å². The molecule has 2 saturated carbocycles. The van der Waals surface area contributed by atoms with E-state index in [0.29, 0.717) is 24.4 Å².